The highest BCUT2D eigenvalue weighted by atomic mass is 15.3. The maximum Gasteiger partial charge on any atom is 0.0877 e. The molecule has 3 nitrogen and oxygen atoms in total. The number of rotatable bonds is 4. The summed E-state index contributed by atoms with van der Waals surface area (Å²) in [6.07, 6.45) is 1.19. The predicted octanol–water partition coefficient (Wildman–Crippen LogP) is 1.49. The highest BCUT2D eigenvalue weighted by Crippen LogP contribution is 2.30. The maximum atomic E-state index is 3.38. The first-order chi connectivity index (χ1) is 6.92. The summed E-state index contributed by atoms with van der Waals surface area (Å²) in [5.74, 6) is 0. The molecule has 0 bridgehead atoms. The van der Waals surface area contributed by atoms with Gasteiger partial charge >= 0.3 is 0 Å². The second kappa shape index (κ2) is 4.33. The molecular weight excluding hydrogens is 174 g/mol. The van der Waals surface area contributed by atoms with Crippen molar-refractivity contribution in [3.63, 3.8) is 0 Å². The molecule has 76 valence electrons. The lowest BCUT2D eigenvalue weighted by atomic mass is 10.2. The van der Waals surface area contributed by atoms with Crippen LogP contribution in [0.3, 0.4) is 0 Å². The summed E-state index contributed by atoms with van der Waals surface area (Å²) >= 11 is 0. The van der Waals surface area contributed by atoms with Crippen LogP contribution in [-0.2, 0) is 0 Å². The van der Waals surface area contributed by atoms with E-state index in [1.54, 1.807) is 0 Å². The number of anilines is 2. The van der Waals surface area contributed by atoms with Gasteiger partial charge in [0.25, 0.3) is 0 Å². The normalized spacial score (nSPS) is 13.9. The van der Waals surface area contributed by atoms with Crippen LogP contribution in [-0.4, -0.2) is 26.8 Å². The van der Waals surface area contributed by atoms with E-state index in [0.717, 1.165) is 19.8 Å². The minimum absolute atomic E-state index is 0.947. The highest BCUT2D eigenvalue weighted by molar-refractivity contribution is 5.74. The SMILES string of the molecule is CNCCCN1CNc2ccccc21. The molecule has 0 amide bonds. The average Bonchev–Trinajstić information content (AvgIpc) is 2.63. The fraction of sp³-hybridized carbons (Fsp3) is 0.455. The molecule has 2 rings (SSSR count). The molecule has 0 saturated heterocycles. The topological polar surface area (TPSA) is 27.3 Å². The van der Waals surface area contributed by atoms with Crippen molar-refractivity contribution in [3.8, 4) is 0 Å². The molecule has 3 heteroatoms. The Labute approximate surface area is 85.1 Å². The Morgan fingerprint density at radius 1 is 1.43 bits per heavy atom. The van der Waals surface area contributed by atoms with Crippen LogP contribution in [0.2, 0.25) is 0 Å². The van der Waals surface area contributed by atoms with Gasteiger partial charge in [-0.2, -0.15) is 0 Å². The summed E-state index contributed by atoms with van der Waals surface area (Å²) in [7, 11) is 2.00. The Balaban J connectivity index is 1.96. The van der Waals surface area contributed by atoms with Gasteiger partial charge in [-0.1, -0.05) is 12.1 Å². The van der Waals surface area contributed by atoms with Crippen LogP contribution in [0.5, 0.6) is 0 Å². The van der Waals surface area contributed by atoms with Crippen molar-refractivity contribution in [2.45, 2.75) is 6.42 Å². The van der Waals surface area contributed by atoms with Crippen LogP contribution in [0.1, 0.15) is 6.42 Å². The van der Waals surface area contributed by atoms with Gasteiger partial charge in [0, 0.05) is 6.54 Å². The van der Waals surface area contributed by atoms with Gasteiger partial charge in [0.15, 0.2) is 0 Å². The molecule has 2 N–H and O–H groups in total. The number of nitrogens with zero attached hydrogens (tertiary/aromatic N) is 1. The van der Waals surface area contributed by atoms with Crippen LogP contribution < -0.4 is 15.5 Å². The smallest absolute Gasteiger partial charge is 0.0877 e. The summed E-state index contributed by atoms with van der Waals surface area (Å²) in [4.78, 5) is 2.38. The van der Waals surface area contributed by atoms with Crippen LogP contribution >= 0.6 is 0 Å². The van der Waals surface area contributed by atoms with E-state index in [0.29, 0.717) is 0 Å². The number of fused-ring (bicyclic) bond motifs is 1. The Morgan fingerprint density at radius 2 is 2.29 bits per heavy atom. The molecule has 0 saturated carbocycles. The summed E-state index contributed by atoms with van der Waals surface area (Å²) in [6, 6.07) is 8.47. The molecule has 0 unspecified atom stereocenters. The first-order valence-corrected chi connectivity index (χ1v) is 5.14. The number of hydrogen-bond donors (Lipinski definition) is 2. The highest BCUT2D eigenvalue weighted by Gasteiger charge is 2.16. The van der Waals surface area contributed by atoms with E-state index in [1.165, 1.54) is 17.8 Å². The third-order valence-corrected chi connectivity index (χ3v) is 2.56. The molecule has 0 atom stereocenters. The molecule has 0 aromatic heterocycles. The van der Waals surface area contributed by atoms with E-state index < -0.39 is 0 Å². The molecule has 0 fully saturated rings. The lowest BCUT2D eigenvalue weighted by molar-refractivity contribution is 0.703. The molecule has 0 aliphatic carbocycles. The third-order valence-electron chi connectivity index (χ3n) is 2.56. The quantitative estimate of drug-likeness (QED) is 0.706. The van der Waals surface area contributed by atoms with Crippen molar-refractivity contribution in [3.05, 3.63) is 24.3 Å². The lowest BCUT2D eigenvalue weighted by Crippen LogP contribution is -2.26. The van der Waals surface area contributed by atoms with E-state index in [9.17, 15) is 0 Å². The van der Waals surface area contributed by atoms with Crippen LogP contribution in [0.4, 0.5) is 11.4 Å². The minimum Gasteiger partial charge on any atom is -0.366 e. The van der Waals surface area contributed by atoms with Crippen molar-refractivity contribution in [1.29, 1.82) is 0 Å². The number of benzene rings is 1. The fourth-order valence-corrected chi connectivity index (χ4v) is 1.81. The minimum atomic E-state index is 0.947. The molecule has 1 aliphatic heterocycles. The van der Waals surface area contributed by atoms with Gasteiger partial charge in [-0.3, -0.25) is 0 Å². The van der Waals surface area contributed by atoms with Gasteiger partial charge in [-0.05, 0) is 32.1 Å². The Kier molecular flexibility index (Phi) is 2.89. The first-order valence-electron chi connectivity index (χ1n) is 5.14. The van der Waals surface area contributed by atoms with Crippen LogP contribution in [0.15, 0.2) is 24.3 Å². The van der Waals surface area contributed by atoms with Crippen molar-refractivity contribution >= 4 is 11.4 Å². The molecule has 0 spiro atoms. The second-order valence-corrected chi connectivity index (χ2v) is 3.57. The van der Waals surface area contributed by atoms with E-state index in [-0.39, 0.29) is 0 Å². The monoisotopic (exact) mass is 191 g/mol. The van der Waals surface area contributed by atoms with Crippen LogP contribution in [0, 0.1) is 0 Å². The van der Waals surface area contributed by atoms with Crippen LogP contribution in [0.25, 0.3) is 0 Å². The van der Waals surface area contributed by atoms with E-state index in [2.05, 4.69) is 39.8 Å². The van der Waals surface area contributed by atoms with Crippen molar-refractivity contribution in [2.75, 3.05) is 37.0 Å². The van der Waals surface area contributed by atoms with E-state index in [4.69, 9.17) is 0 Å². The average molecular weight is 191 g/mol. The molecule has 1 aromatic carbocycles. The Morgan fingerprint density at radius 3 is 3.14 bits per heavy atom. The summed E-state index contributed by atoms with van der Waals surface area (Å²) in [5, 5.41) is 6.55. The Bertz CT molecular complexity index is 298. The van der Waals surface area contributed by atoms with Gasteiger partial charge in [0.2, 0.25) is 0 Å². The first kappa shape index (κ1) is 9.34. The van der Waals surface area contributed by atoms with Gasteiger partial charge in [0.05, 0.1) is 18.0 Å². The largest absolute Gasteiger partial charge is 0.366 e. The van der Waals surface area contributed by atoms with Crippen molar-refractivity contribution in [2.24, 2.45) is 0 Å². The third kappa shape index (κ3) is 1.82. The number of hydrogen-bond acceptors (Lipinski definition) is 3. The zero-order valence-corrected chi connectivity index (χ0v) is 8.59. The van der Waals surface area contributed by atoms with Gasteiger partial charge in [0.1, 0.15) is 0 Å². The van der Waals surface area contributed by atoms with E-state index in [1.807, 2.05) is 7.05 Å². The molecule has 14 heavy (non-hydrogen) atoms. The zero-order chi connectivity index (χ0) is 9.80. The molecule has 1 heterocycles. The number of nitrogens with one attached hydrogen (secondary N) is 2. The summed E-state index contributed by atoms with van der Waals surface area (Å²) in [6.45, 7) is 3.15. The number of para-hydroxylation sites is 2. The second-order valence-electron chi connectivity index (χ2n) is 3.57. The molecule has 1 aromatic rings. The van der Waals surface area contributed by atoms with Gasteiger partial charge in [-0.25, -0.2) is 0 Å². The van der Waals surface area contributed by atoms with E-state index >= 15 is 0 Å². The lowest BCUT2D eigenvalue weighted by Gasteiger charge is -2.17. The Hall–Kier alpha value is -1.22. The zero-order valence-electron chi connectivity index (χ0n) is 8.59. The summed E-state index contributed by atoms with van der Waals surface area (Å²) in [5.41, 5.74) is 2.60. The fourth-order valence-electron chi connectivity index (χ4n) is 1.81. The molecule has 1 aliphatic rings. The van der Waals surface area contributed by atoms with Crippen molar-refractivity contribution < 1.29 is 0 Å². The molecule has 0 radical (unpaired) electrons. The molecular formula is C11H17N3. The van der Waals surface area contributed by atoms with Gasteiger partial charge in [-0.15, -0.1) is 0 Å². The standard InChI is InChI=1S/C11H17N3/c1-12-7-4-8-14-9-13-10-5-2-3-6-11(10)14/h2-3,5-6,12-13H,4,7-9H2,1H3. The van der Waals surface area contributed by atoms with Crippen molar-refractivity contribution in [1.82, 2.24) is 5.32 Å². The maximum absolute atomic E-state index is 3.38. The predicted molar refractivity (Wildman–Crippen MR) is 60.8 cm³/mol. The summed E-state index contributed by atoms with van der Waals surface area (Å²) < 4.78 is 0. The van der Waals surface area contributed by atoms with Gasteiger partial charge < -0.3 is 15.5 Å².